The van der Waals surface area contributed by atoms with E-state index < -0.39 is 0 Å². The molecule has 0 amide bonds. The Balaban J connectivity index is 1.78. The lowest BCUT2D eigenvalue weighted by molar-refractivity contribution is 0.355. The van der Waals surface area contributed by atoms with Crippen LogP contribution in [0.15, 0.2) is 59.5 Å². The minimum atomic E-state index is -0.0537. The molecule has 0 aliphatic carbocycles. The van der Waals surface area contributed by atoms with Crippen molar-refractivity contribution >= 4 is 11.3 Å². The molecule has 0 spiro atoms. The van der Waals surface area contributed by atoms with Gasteiger partial charge in [0.25, 0.3) is 5.56 Å². The third-order valence-electron chi connectivity index (χ3n) is 5.96. The van der Waals surface area contributed by atoms with Crippen molar-refractivity contribution in [2.24, 2.45) is 0 Å². The standard InChI is InChI=1S/C25H26N4O3/c1-31-21-13-12-17(15-22(21)32-2)20-16-28-24(27-20)23(19-11-7-4-8-14-26-19)25(30)29(28)18-9-5-3-6-10-18/h3,5-6,9-10,12-13,15-16,26H,4,7-8,11,14H2,1-2H3/b23-19-. The summed E-state index contributed by atoms with van der Waals surface area (Å²) in [4.78, 5) is 18.5. The van der Waals surface area contributed by atoms with Crippen LogP contribution >= 0.6 is 0 Å². The van der Waals surface area contributed by atoms with Crippen LogP contribution in [0.2, 0.25) is 0 Å². The summed E-state index contributed by atoms with van der Waals surface area (Å²) < 4.78 is 14.4. The molecule has 1 aliphatic heterocycles. The number of benzene rings is 2. The van der Waals surface area contributed by atoms with Gasteiger partial charge in [0, 0.05) is 17.8 Å². The second-order valence-electron chi connectivity index (χ2n) is 7.91. The first-order chi connectivity index (χ1) is 15.7. The fraction of sp³-hybridized carbons (Fsp3) is 0.280. The molecule has 0 unspecified atom stereocenters. The number of para-hydroxylation sites is 1. The maximum atomic E-state index is 13.6. The second-order valence-corrected chi connectivity index (χ2v) is 7.91. The highest BCUT2D eigenvalue weighted by Gasteiger charge is 2.20. The molecule has 0 saturated carbocycles. The van der Waals surface area contributed by atoms with E-state index in [0.717, 1.165) is 54.9 Å². The van der Waals surface area contributed by atoms with Crippen molar-refractivity contribution in [3.05, 3.63) is 70.3 Å². The molecule has 3 heterocycles. The highest BCUT2D eigenvalue weighted by atomic mass is 16.5. The quantitative estimate of drug-likeness (QED) is 0.539. The van der Waals surface area contributed by atoms with Gasteiger partial charge in [-0.1, -0.05) is 24.6 Å². The zero-order chi connectivity index (χ0) is 22.1. The second kappa shape index (κ2) is 8.42. The highest BCUT2D eigenvalue weighted by molar-refractivity contribution is 5.68. The predicted octanol–water partition coefficient (Wildman–Crippen LogP) is 3.16. The molecule has 7 heteroatoms. The van der Waals surface area contributed by atoms with Gasteiger partial charge >= 0.3 is 0 Å². The Bertz CT molecular complexity index is 1360. The van der Waals surface area contributed by atoms with E-state index in [-0.39, 0.29) is 5.56 Å². The van der Waals surface area contributed by atoms with Crippen LogP contribution in [-0.2, 0) is 0 Å². The van der Waals surface area contributed by atoms with Crippen LogP contribution in [0.5, 0.6) is 11.5 Å². The number of ether oxygens (including phenoxy) is 2. The fourth-order valence-electron chi connectivity index (χ4n) is 4.35. The average Bonchev–Trinajstić information content (AvgIpc) is 3.22. The van der Waals surface area contributed by atoms with Crippen molar-refractivity contribution in [3.63, 3.8) is 0 Å². The van der Waals surface area contributed by atoms with E-state index in [0.29, 0.717) is 22.4 Å². The van der Waals surface area contributed by atoms with Gasteiger partial charge in [-0.05, 0) is 49.6 Å². The number of aromatic nitrogens is 3. The molecule has 0 radical (unpaired) electrons. The molecular weight excluding hydrogens is 404 g/mol. The van der Waals surface area contributed by atoms with E-state index in [9.17, 15) is 4.79 Å². The molecule has 1 saturated heterocycles. The summed E-state index contributed by atoms with van der Waals surface area (Å²) >= 11 is 0. The SMILES string of the molecule is COc1ccc(-c2cn3c(n2)/c(=C2\CCCCCN2)c(=O)n3-c2ccccc2)cc1OC. The lowest BCUT2D eigenvalue weighted by atomic mass is 10.1. The van der Waals surface area contributed by atoms with Crippen molar-refractivity contribution < 1.29 is 9.47 Å². The summed E-state index contributed by atoms with van der Waals surface area (Å²) in [7, 11) is 3.23. The van der Waals surface area contributed by atoms with Gasteiger partial charge in [-0.3, -0.25) is 4.79 Å². The van der Waals surface area contributed by atoms with Crippen LogP contribution in [0.25, 0.3) is 28.3 Å². The normalized spacial score (nSPS) is 15.9. The van der Waals surface area contributed by atoms with Gasteiger partial charge in [0.15, 0.2) is 17.1 Å². The van der Waals surface area contributed by atoms with Gasteiger partial charge in [-0.15, -0.1) is 0 Å². The van der Waals surface area contributed by atoms with Gasteiger partial charge in [0.05, 0.1) is 31.8 Å². The summed E-state index contributed by atoms with van der Waals surface area (Å²) in [5.74, 6) is 1.30. The topological polar surface area (TPSA) is 69.8 Å². The molecule has 0 bridgehead atoms. The molecule has 0 atom stereocenters. The number of hydrogen-bond donors (Lipinski definition) is 1. The first-order valence-electron chi connectivity index (χ1n) is 10.9. The molecule has 5 rings (SSSR count). The van der Waals surface area contributed by atoms with Gasteiger partial charge < -0.3 is 14.8 Å². The monoisotopic (exact) mass is 430 g/mol. The fourth-order valence-corrected chi connectivity index (χ4v) is 4.35. The summed E-state index contributed by atoms with van der Waals surface area (Å²) in [5, 5.41) is 4.15. The zero-order valence-electron chi connectivity index (χ0n) is 18.3. The summed E-state index contributed by atoms with van der Waals surface area (Å²) in [6, 6.07) is 15.4. The molecule has 2 aromatic carbocycles. The summed E-state index contributed by atoms with van der Waals surface area (Å²) in [6.45, 7) is 0.876. The van der Waals surface area contributed by atoms with Crippen LogP contribution in [0.1, 0.15) is 25.7 Å². The van der Waals surface area contributed by atoms with E-state index in [1.807, 2.05) is 59.2 Å². The molecule has 7 nitrogen and oxygen atoms in total. The predicted molar refractivity (Wildman–Crippen MR) is 124 cm³/mol. The molecule has 4 aromatic rings. The van der Waals surface area contributed by atoms with E-state index in [1.54, 1.807) is 18.9 Å². The number of nitrogens with one attached hydrogen (secondary N) is 1. The number of rotatable bonds is 4. The van der Waals surface area contributed by atoms with Crippen molar-refractivity contribution in [3.8, 4) is 28.4 Å². The molecule has 164 valence electrons. The lowest BCUT2D eigenvalue weighted by Crippen LogP contribution is -2.33. The summed E-state index contributed by atoms with van der Waals surface area (Å²) in [6.07, 6.45) is 6.09. The Morgan fingerprint density at radius 2 is 1.78 bits per heavy atom. The van der Waals surface area contributed by atoms with Crippen LogP contribution in [0.3, 0.4) is 0 Å². The third-order valence-corrected chi connectivity index (χ3v) is 5.96. The number of imidazole rings is 1. The molecule has 32 heavy (non-hydrogen) atoms. The number of hydrogen-bond acceptors (Lipinski definition) is 5. The van der Waals surface area contributed by atoms with Crippen molar-refractivity contribution in [1.82, 2.24) is 19.5 Å². The van der Waals surface area contributed by atoms with Crippen LogP contribution in [-0.4, -0.2) is 34.9 Å². The van der Waals surface area contributed by atoms with Gasteiger partial charge in [-0.2, -0.15) is 0 Å². The lowest BCUT2D eigenvalue weighted by Gasteiger charge is -2.08. The smallest absolute Gasteiger partial charge is 0.283 e. The highest BCUT2D eigenvalue weighted by Crippen LogP contribution is 2.32. The maximum Gasteiger partial charge on any atom is 0.283 e. The number of methoxy groups -OCH3 is 2. The van der Waals surface area contributed by atoms with Crippen LogP contribution in [0.4, 0.5) is 0 Å². The molecular formula is C25H26N4O3. The minimum Gasteiger partial charge on any atom is -0.493 e. The zero-order valence-corrected chi connectivity index (χ0v) is 18.3. The first-order valence-corrected chi connectivity index (χ1v) is 10.9. The van der Waals surface area contributed by atoms with E-state index in [2.05, 4.69) is 5.32 Å². The number of fused-ring (bicyclic) bond motifs is 1. The Kier molecular flexibility index (Phi) is 5.31. The van der Waals surface area contributed by atoms with Gasteiger partial charge in [0.1, 0.15) is 5.22 Å². The van der Waals surface area contributed by atoms with Gasteiger partial charge in [-0.25, -0.2) is 14.2 Å². The van der Waals surface area contributed by atoms with Gasteiger partial charge in [0.2, 0.25) is 0 Å². The first kappa shape index (κ1) is 20.2. The van der Waals surface area contributed by atoms with E-state index in [4.69, 9.17) is 14.5 Å². The van der Waals surface area contributed by atoms with Crippen molar-refractivity contribution in [2.75, 3.05) is 20.8 Å². The van der Waals surface area contributed by atoms with Crippen LogP contribution in [0, 0.1) is 0 Å². The Morgan fingerprint density at radius 3 is 2.56 bits per heavy atom. The molecule has 1 fully saturated rings. The molecule has 1 N–H and O–H groups in total. The van der Waals surface area contributed by atoms with Crippen molar-refractivity contribution in [2.45, 2.75) is 25.7 Å². The summed E-state index contributed by atoms with van der Waals surface area (Å²) in [5.41, 5.74) is 4.05. The Morgan fingerprint density at radius 1 is 0.969 bits per heavy atom. The number of nitrogens with zero attached hydrogens (tertiary/aromatic N) is 3. The maximum absolute atomic E-state index is 13.6. The molecule has 2 aromatic heterocycles. The minimum absolute atomic E-state index is 0.0537. The largest absolute Gasteiger partial charge is 0.493 e. The molecule has 1 aliphatic rings. The van der Waals surface area contributed by atoms with E-state index >= 15 is 0 Å². The Labute approximate surface area is 185 Å². The Hall–Kier alpha value is -3.74. The third kappa shape index (κ3) is 3.39. The van der Waals surface area contributed by atoms with Crippen LogP contribution < -0.4 is 25.6 Å². The van der Waals surface area contributed by atoms with E-state index in [1.165, 1.54) is 0 Å². The van der Waals surface area contributed by atoms with Crippen molar-refractivity contribution in [1.29, 1.82) is 0 Å². The average molecular weight is 431 g/mol.